The Morgan fingerprint density at radius 1 is 1.20 bits per heavy atom. The highest BCUT2D eigenvalue weighted by Crippen LogP contribution is 2.15. The average Bonchev–Trinajstić information content (AvgIpc) is 2.49. The molecular weight excluding hydrogens is 252 g/mol. The molecule has 0 N–H and O–H groups in total. The number of nitrogens with zero attached hydrogens (tertiary/aromatic N) is 2. The molecule has 1 aromatic rings. The van der Waals surface area contributed by atoms with Crippen molar-refractivity contribution < 1.29 is 9.53 Å². The van der Waals surface area contributed by atoms with E-state index in [1.54, 1.807) is 0 Å². The van der Waals surface area contributed by atoms with Gasteiger partial charge in [-0.15, -0.1) is 0 Å². The zero-order valence-corrected chi connectivity index (χ0v) is 12.0. The van der Waals surface area contributed by atoms with Gasteiger partial charge in [-0.3, -0.25) is 4.90 Å². The Morgan fingerprint density at radius 3 is 2.55 bits per heavy atom. The number of benzene rings is 1. The molecule has 0 radical (unpaired) electrons. The third-order valence-electron chi connectivity index (χ3n) is 3.40. The lowest BCUT2D eigenvalue weighted by Gasteiger charge is -2.35. The van der Waals surface area contributed by atoms with Crippen LogP contribution in [0.1, 0.15) is 6.92 Å². The van der Waals surface area contributed by atoms with Crippen molar-refractivity contribution in [2.24, 2.45) is 0 Å². The van der Waals surface area contributed by atoms with Gasteiger partial charge in [-0.1, -0.05) is 24.3 Å². The van der Waals surface area contributed by atoms with Crippen LogP contribution in [0.3, 0.4) is 0 Å². The highest BCUT2D eigenvalue weighted by atomic mass is 16.5. The minimum Gasteiger partial charge on any atom is -0.463 e. The molecule has 0 amide bonds. The van der Waals surface area contributed by atoms with E-state index in [4.69, 9.17) is 4.74 Å². The van der Waals surface area contributed by atoms with Crippen LogP contribution in [-0.4, -0.2) is 50.2 Å². The number of hydrogen-bond donors (Lipinski definition) is 0. The summed E-state index contributed by atoms with van der Waals surface area (Å²) in [4.78, 5) is 15.9. The quantitative estimate of drug-likeness (QED) is 0.607. The number of ether oxygens (including phenoxy) is 1. The molecule has 0 bridgehead atoms. The van der Waals surface area contributed by atoms with E-state index in [0.717, 1.165) is 32.7 Å². The number of hydrogen-bond acceptors (Lipinski definition) is 4. The van der Waals surface area contributed by atoms with E-state index >= 15 is 0 Å². The first-order chi connectivity index (χ1) is 9.79. The minimum atomic E-state index is -0.254. The first kappa shape index (κ1) is 14.6. The zero-order valence-electron chi connectivity index (χ0n) is 12.0. The average molecular weight is 274 g/mol. The first-order valence-electron chi connectivity index (χ1n) is 7.15. The normalized spacial score (nSPS) is 16.6. The zero-order chi connectivity index (χ0) is 14.2. The molecule has 1 heterocycles. The SMILES string of the molecule is CCOC(=O)/C=C/CN1CCN(c2ccccc2)CC1. The molecule has 0 atom stereocenters. The lowest BCUT2D eigenvalue weighted by Crippen LogP contribution is -2.46. The van der Waals surface area contributed by atoms with Crippen molar-refractivity contribution >= 4 is 11.7 Å². The van der Waals surface area contributed by atoms with Crippen LogP contribution < -0.4 is 4.90 Å². The van der Waals surface area contributed by atoms with Crippen LogP contribution >= 0.6 is 0 Å². The van der Waals surface area contributed by atoms with Crippen molar-refractivity contribution in [2.75, 3.05) is 44.2 Å². The van der Waals surface area contributed by atoms with Crippen LogP contribution in [0.15, 0.2) is 42.5 Å². The Labute approximate surface area is 120 Å². The Kier molecular flexibility index (Phi) is 5.62. The van der Waals surface area contributed by atoms with Gasteiger partial charge in [0.25, 0.3) is 0 Å². The monoisotopic (exact) mass is 274 g/mol. The van der Waals surface area contributed by atoms with Crippen molar-refractivity contribution in [1.29, 1.82) is 0 Å². The highest BCUT2D eigenvalue weighted by Gasteiger charge is 2.15. The number of anilines is 1. The molecule has 2 rings (SSSR count). The lowest BCUT2D eigenvalue weighted by molar-refractivity contribution is -0.137. The van der Waals surface area contributed by atoms with Crippen molar-refractivity contribution in [3.8, 4) is 0 Å². The number of carbonyl (C=O) groups is 1. The second kappa shape index (κ2) is 7.70. The Morgan fingerprint density at radius 2 is 1.90 bits per heavy atom. The molecule has 1 aliphatic rings. The van der Waals surface area contributed by atoms with Crippen LogP contribution in [0.4, 0.5) is 5.69 Å². The van der Waals surface area contributed by atoms with E-state index in [1.165, 1.54) is 11.8 Å². The van der Waals surface area contributed by atoms with Crippen molar-refractivity contribution in [2.45, 2.75) is 6.92 Å². The van der Waals surface area contributed by atoms with Crippen LogP contribution in [0.25, 0.3) is 0 Å². The van der Waals surface area contributed by atoms with Gasteiger partial charge in [-0.25, -0.2) is 4.79 Å². The lowest BCUT2D eigenvalue weighted by atomic mass is 10.2. The summed E-state index contributed by atoms with van der Waals surface area (Å²) < 4.78 is 4.85. The number of esters is 1. The van der Waals surface area contributed by atoms with E-state index in [2.05, 4.69) is 34.1 Å². The molecule has 4 nitrogen and oxygen atoms in total. The molecule has 1 saturated heterocycles. The van der Waals surface area contributed by atoms with E-state index in [-0.39, 0.29) is 5.97 Å². The smallest absolute Gasteiger partial charge is 0.330 e. The Hall–Kier alpha value is -1.81. The maximum atomic E-state index is 11.2. The maximum absolute atomic E-state index is 11.2. The summed E-state index contributed by atoms with van der Waals surface area (Å²) in [5.41, 5.74) is 1.29. The van der Waals surface area contributed by atoms with Gasteiger partial charge in [0.05, 0.1) is 6.61 Å². The van der Waals surface area contributed by atoms with Crippen molar-refractivity contribution in [3.05, 3.63) is 42.5 Å². The van der Waals surface area contributed by atoms with Gasteiger partial charge >= 0.3 is 5.97 Å². The van der Waals surface area contributed by atoms with E-state index < -0.39 is 0 Å². The molecule has 1 aliphatic heterocycles. The third kappa shape index (κ3) is 4.38. The largest absolute Gasteiger partial charge is 0.463 e. The molecule has 4 heteroatoms. The van der Waals surface area contributed by atoms with Gasteiger partial charge in [0, 0.05) is 44.5 Å². The summed E-state index contributed by atoms with van der Waals surface area (Å²) in [5, 5.41) is 0. The summed E-state index contributed by atoms with van der Waals surface area (Å²) in [6, 6.07) is 10.5. The summed E-state index contributed by atoms with van der Waals surface area (Å²) in [7, 11) is 0. The number of para-hydroxylation sites is 1. The standard InChI is InChI=1S/C16H22N2O2/c1-2-20-16(19)9-6-10-17-11-13-18(14-12-17)15-7-4-3-5-8-15/h3-9H,2,10-14H2,1H3/b9-6+. The summed E-state index contributed by atoms with van der Waals surface area (Å²) in [6.45, 7) is 7.13. The van der Waals surface area contributed by atoms with Gasteiger partial charge in [0.2, 0.25) is 0 Å². The van der Waals surface area contributed by atoms with Gasteiger partial charge in [0.15, 0.2) is 0 Å². The minimum absolute atomic E-state index is 0.254. The van der Waals surface area contributed by atoms with E-state index in [0.29, 0.717) is 6.61 Å². The maximum Gasteiger partial charge on any atom is 0.330 e. The second-order valence-corrected chi connectivity index (χ2v) is 4.78. The number of rotatable bonds is 5. The van der Waals surface area contributed by atoms with Crippen molar-refractivity contribution in [3.63, 3.8) is 0 Å². The van der Waals surface area contributed by atoms with Crippen LogP contribution in [0.2, 0.25) is 0 Å². The topological polar surface area (TPSA) is 32.8 Å². The Balaban J connectivity index is 1.73. The van der Waals surface area contributed by atoms with E-state index in [1.807, 2.05) is 19.1 Å². The molecule has 108 valence electrons. The predicted octanol–water partition coefficient (Wildman–Crippen LogP) is 1.93. The van der Waals surface area contributed by atoms with Gasteiger partial charge in [0.1, 0.15) is 0 Å². The fraction of sp³-hybridized carbons (Fsp3) is 0.438. The van der Waals surface area contributed by atoms with Crippen LogP contribution in [0.5, 0.6) is 0 Å². The highest BCUT2D eigenvalue weighted by molar-refractivity contribution is 5.81. The molecule has 0 saturated carbocycles. The summed E-state index contributed by atoms with van der Waals surface area (Å²) in [5.74, 6) is -0.254. The molecule has 0 aromatic heterocycles. The molecule has 1 aromatic carbocycles. The van der Waals surface area contributed by atoms with Gasteiger partial charge in [-0.2, -0.15) is 0 Å². The third-order valence-corrected chi connectivity index (χ3v) is 3.40. The molecule has 0 spiro atoms. The Bertz CT molecular complexity index is 437. The first-order valence-corrected chi connectivity index (χ1v) is 7.15. The summed E-state index contributed by atoms with van der Waals surface area (Å²) in [6.07, 6.45) is 3.41. The summed E-state index contributed by atoms with van der Waals surface area (Å²) >= 11 is 0. The fourth-order valence-electron chi connectivity index (χ4n) is 2.32. The molecule has 0 unspecified atom stereocenters. The van der Waals surface area contributed by atoms with Crippen LogP contribution in [0, 0.1) is 0 Å². The number of piperazine rings is 1. The molecule has 20 heavy (non-hydrogen) atoms. The number of carbonyl (C=O) groups excluding carboxylic acids is 1. The predicted molar refractivity (Wildman–Crippen MR) is 80.9 cm³/mol. The fourth-order valence-corrected chi connectivity index (χ4v) is 2.32. The van der Waals surface area contributed by atoms with Gasteiger partial charge in [-0.05, 0) is 19.1 Å². The second-order valence-electron chi connectivity index (χ2n) is 4.78. The van der Waals surface area contributed by atoms with Crippen LogP contribution in [-0.2, 0) is 9.53 Å². The van der Waals surface area contributed by atoms with E-state index in [9.17, 15) is 4.79 Å². The molecule has 1 fully saturated rings. The molecular formula is C16H22N2O2. The van der Waals surface area contributed by atoms with Crippen molar-refractivity contribution in [1.82, 2.24) is 4.90 Å². The molecule has 0 aliphatic carbocycles. The van der Waals surface area contributed by atoms with Gasteiger partial charge < -0.3 is 9.64 Å².